The summed E-state index contributed by atoms with van der Waals surface area (Å²) in [5, 5.41) is 9.18. The van der Waals surface area contributed by atoms with Crippen molar-refractivity contribution < 1.29 is 9.59 Å². The van der Waals surface area contributed by atoms with Gasteiger partial charge in [-0.3, -0.25) is 9.59 Å². The Bertz CT molecular complexity index is 2730. The Morgan fingerprint density at radius 1 is 0.456 bits per heavy atom. The van der Waals surface area contributed by atoms with Gasteiger partial charge in [0.25, 0.3) is 0 Å². The van der Waals surface area contributed by atoms with E-state index in [0.717, 1.165) is 49.4 Å². The Kier molecular flexibility index (Phi) is 8.70. The van der Waals surface area contributed by atoms with Crippen molar-refractivity contribution in [3.8, 4) is 45.6 Å². The molecule has 6 heterocycles. The van der Waals surface area contributed by atoms with Gasteiger partial charge in [-0.15, -0.1) is 0 Å². The fraction of sp³-hybridized carbons (Fsp3) is 0.0909. The lowest BCUT2D eigenvalue weighted by atomic mass is 9.75. The van der Waals surface area contributed by atoms with Gasteiger partial charge in [-0.25, -0.2) is 29.9 Å². The van der Waals surface area contributed by atoms with Gasteiger partial charge in [0.1, 0.15) is 22.6 Å². The number of carbonyl (C=O) groups excluding carboxylic acids is 2. The summed E-state index contributed by atoms with van der Waals surface area (Å²) in [6.07, 6.45) is 0.453. The zero-order valence-electron chi connectivity index (χ0n) is 30.0. The number of amides is 2. The van der Waals surface area contributed by atoms with Crippen LogP contribution in [0.5, 0.6) is 0 Å². The van der Waals surface area contributed by atoms with Crippen molar-refractivity contribution in [1.29, 1.82) is 0 Å². The van der Waals surface area contributed by atoms with Gasteiger partial charge in [0.15, 0.2) is 28.7 Å². The van der Waals surface area contributed by atoms with Crippen molar-refractivity contribution in [2.45, 2.75) is 18.8 Å². The van der Waals surface area contributed by atoms with Gasteiger partial charge in [-0.05, 0) is 22.9 Å². The molecule has 4 N–H and O–H groups in total. The smallest absolute Gasteiger partial charge is 0.241 e. The zero-order chi connectivity index (χ0) is 37.8. The molecule has 57 heavy (non-hydrogen) atoms. The predicted molar refractivity (Wildman–Crippen MR) is 227 cm³/mol. The summed E-state index contributed by atoms with van der Waals surface area (Å²) in [6.45, 7) is 2.06. The molecule has 2 amide bonds. The van der Waals surface area contributed by atoms with Crippen molar-refractivity contribution in [3.05, 3.63) is 133 Å². The summed E-state index contributed by atoms with van der Waals surface area (Å²) < 4.78 is 0. The van der Waals surface area contributed by atoms with Gasteiger partial charge in [0.2, 0.25) is 11.8 Å². The van der Waals surface area contributed by atoms with Crippen LogP contribution in [0.1, 0.15) is 18.9 Å². The Hall–Kier alpha value is -7.38. The second kappa shape index (κ2) is 14.0. The monoisotopic (exact) mass is 764 g/mol. The quantitative estimate of drug-likeness (QED) is 0.124. The molecule has 13 heteroatoms. The average molecular weight is 765 g/mol. The maximum Gasteiger partial charge on any atom is 0.241 e. The summed E-state index contributed by atoms with van der Waals surface area (Å²) in [5.74, 6) is 1.95. The highest BCUT2D eigenvalue weighted by Gasteiger charge is 2.47. The zero-order valence-corrected chi connectivity index (χ0v) is 30.0. The van der Waals surface area contributed by atoms with Crippen LogP contribution in [-0.4, -0.2) is 69.3 Å². The molecule has 278 valence electrons. The van der Waals surface area contributed by atoms with E-state index in [9.17, 15) is 9.59 Å². The van der Waals surface area contributed by atoms with E-state index in [1.54, 1.807) is 0 Å². The lowest BCUT2D eigenvalue weighted by molar-refractivity contribution is -0.141. The van der Waals surface area contributed by atoms with Gasteiger partial charge in [-0.1, -0.05) is 134 Å². The summed E-state index contributed by atoms with van der Waals surface area (Å²) in [7, 11) is 0. The molecule has 8 bridgehead atoms. The molecule has 0 aliphatic carbocycles. The van der Waals surface area contributed by atoms with Crippen LogP contribution in [0.15, 0.2) is 127 Å². The molecular weight excluding hydrogens is 729 g/mol. The maximum atomic E-state index is 12.0. The summed E-state index contributed by atoms with van der Waals surface area (Å²) in [5.41, 5.74) is 6.12. The van der Waals surface area contributed by atoms with E-state index in [0.29, 0.717) is 52.3 Å². The minimum Gasteiger partial charge on any atom is -0.337 e. The Morgan fingerprint density at radius 3 is 1.11 bits per heavy atom. The number of nitrogens with one attached hydrogen (secondary N) is 4. The van der Waals surface area contributed by atoms with Gasteiger partial charge < -0.3 is 20.6 Å². The second-order valence-corrected chi connectivity index (χ2v) is 13.6. The third-order valence-corrected chi connectivity index (χ3v) is 10.5. The average Bonchev–Trinajstić information content (AvgIpc) is 3.98. The topological polar surface area (TPSA) is 167 Å². The lowest BCUT2D eigenvalue weighted by Crippen LogP contribution is -2.62. The summed E-state index contributed by atoms with van der Waals surface area (Å²) >= 11 is 0. The molecule has 3 aliphatic heterocycles. The number of nitrogens with zero attached hydrogens (tertiary/aromatic N) is 6. The van der Waals surface area contributed by atoms with E-state index in [4.69, 9.17) is 29.9 Å². The first-order valence-corrected chi connectivity index (χ1v) is 18.3. The third-order valence-electron chi connectivity index (χ3n) is 10.5. The Morgan fingerprint density at radius 2 is 0.772 bits per heavy atom. The molecular formula is C44H36N10O2Si. The van der Waals surface area contributed by atoms with Crippen molar-refractivity contribution in [1.82, 2.24) is 50.5 Å². The van der Waals surface area contributed by atoms with Crippen LogP contribution in [0.3, 0.4) is 0 Å². The number of hydrogen-bond acceptors (Lipinski definition) is 8. The molecule has 3 aromatic heterocycles. The van der Waals surface area contributed by atoms with Crippen LogP contribution in [0.25, 0.3) is 89.7 Å². The first-order valence-electron chi connectivity index (χ1n) is 18.3. The van der Waals surface area contributed by atoms with Gasteiger partial charge in [0.05, 0.1) is 6.67 Å². The van der Waals surface area contributed by atoms with Gasteiger partial charge >= 0.3 is 0 Å². The van der Waals surface area contributed by atoms with Gasteiger partial charge in [0, 0.05) is 43.8 Å². The molecule has 12 nitrogen and oxygen atoms in total. The predicted octanol–water partition coefficient (Wildman–Crippen LogP) is 5.96. The molecule has 0 unspecified atom stereocenters. The van der Waals surface area contributed by atoms with Crippen molar-refractivity contribution in [3.63, 3.8) is 0 Å². The van der Waals surface area contributed by atoms with E-state index >= 15 is 0 Å². The molecule has 0 saturated carbocycles. The van der Waals surface area contributed by atoms with E-state index in [1.807, 2.05) is 134 Å². The van der Waals surface area contributed by atoms with Crippen LogP contribution < -0.4 is 10.6 Å². The molecule has 1 saturated heterocycles. The minimum absolute atomic E-state index is 0. The van der Waals surface area contributed by atoms with Crippen LogP contribution in [0.2, 0.25) is 0 Å². The van der Waals surface area contributed by atoms with E-state index in [-0.39, 0.29) is 29.4 Å². The van der Waals surface area contributed by atoms with Crippen LogP contribution in [0.4, 0.5) is 0 Å². The first-order chi connectivity index (χ1) is 27.5. The standard InChI is InChI=1S/C32H18N8.C12H14N2O2.H4Si/c1-2-10-18-17(9-1)25-33-26(18)38-28-21-13-5-6-14-22(21)30(35-28)40-32-24-16-8-7-15-23(24)31(36-32)39-29-20-12-4-3-11-19(20)27(34-29)37-25;1-2-12(9-6-4-3-5-7-9)10(15)13-8-14-11(12)16;/h1-16H,(H2,33,34,35,36,37,38,39,40);3-7H,2,8H2,1H3,(H,13,15)(H,14,16);1H4. The highest BCUT2D eigenvalue weighted by atomic mass is 28.1. The molecule has 3 aliphatic rings. The first kappa shape index (κ1) is 35.3. The molecule has 8 aromatic rings. The normalized spacial score (nSPS) is 13.7. The number of benzene rings is 5. The number of H-pyrrole nitrogens is 2. The Labute approximate surface area is 330 Å². The van der Waals surface area contributed by atoms with Crippen molar-refractivity contribution in [2.24, 2.45) is 0 Å². The maximum absolute atomic E-state index is 12.0. The number of hydrogen-bond donors (Lipinski definition) is 4. The SMILES string of the molecule is CCC1(c2ccccc2)C(=O)NCNC1=O.[SiH4].c1ccc2c(c1)-c1nc-2nc2[nH]c(nc3nc(nc4[nH]c(n1)c1ccccc41)-c1ccccc1-3)c1ccccc21. The molecule has 0 spiro atoms. The van der Waals surface area contributed by atoms with Crippen molar-refractivity contribution in [2.75, 3.05) is 6.67 Å². The number of aromatic nitrogens is 8. The lowest BCUT2D eigenvalue weighted by Gasteiger charge is -2.34. The van der Waals surface area contributed by atoms with Gasteiger partial charge in [-0.2, -0.15) is 0 Å². The summed E-state index contributed by atoms with van der Waals surface area (Å²) in [4.78, 5) is 60.7. The fourth-order valence-electron chi connectivity index (χ4n) is 7.71. The third kappa shape index (κ3) is 5.74. The van der Waals surface area contributed by atoms with Crippen LogP contribution >= 0.6 is 0 Å². The van der Waals surface area contributed by atoms with E-state index in [2.05, 4.69) is 20.6 Å². The van der Waals surface area contributed by atoms with Crippen LogP contribution in [-0.2, 0) is 15.0 Å². The molecule has 11 rings (SSSR count). The van der Waals surface area contributed by atoms with E-state index < -0.39 is 5.41 Å². The second-order valence-electron chi connectivity index (χ2n) is 13.6. The highest BCUT2D eigenvalue weighted by molar-refractivity contribution is 6.12. The molecule has 0 radical (unpaired) electrons. The van der Waals surface area contributed by atoms with Crippen molar-refractivity contribution >= 4 is 66.9 Å². The number of rotatable bonds is 2. The summed E-state index contributed by atoms with van der Waals surface area (Å²) in [6, 6.07) is 41.4. The fourth-order valence-corrected chi connectivity index (χ4v) is 7.71. The Balaban J connectivity index is 0.000000210. The molecule has 1 fully saturated rings. The molecule has 0 atom stereocenters. The number of fused-ring (bicyclic) bond motifs is 20. The highest BCUT2D eigenvalue weighted by Crippen LogP contribution is 2.37. The van der Waals surface area contributed by atoms with E-state index in [1.165, 1.54) is 0 Å². The number of aromatic amines is 2. The van der Waals surface area contributed by atoms with Crippen LogP contribution in [0, 0.1) is 0 Å². The minimum atomic E-state index is -1.07. The largest absolute Gasteiger partial charge is 0.337 e. The molecule has 5 aromatic carbocycles. The number of carbonyl (C=O) groups is 2.